The highest BCUT2D eigenvalue weighted by Gasteiger charge is 2.11. The van der Waals surface area contributed by atoms with Crippen LogP contribution in [0.1, 0.15) is 21.6 Å². The third-order valence-corrected chi connectivity index (χ3v) is 4.63. The Morgan fingerprint density at radius 3 is 2.79 bits per heavy atom. The SMILES string of the molecule is Cc1csc(NC(=O)c2ccc(=O)n(Cc3ccccc3Cl)c2)n1. The van der Waals surface area contributed by atoms with E-state index in [0.717, 1.165) is 11.3 Å². The van der Waals surface area contributed by atoms with Crippen molar-refractivity contribution in [3.63, 3.8) is 0 Å². The first-order valence-electron chi connectivity index (χ1n) is 7.20. The van der Waals surface area contributed by atoms with E-state index < -0.39 is 0 Å². The Balaban J connectivity index is 1.84. The molecule has 24 heavy (non-hydrogen) atoms. The van der Waals surface area contributed by atoms with E-state index in [1.807, 2.05) is 30.5 Å². The molecule has 3 rings (SSSR count). The van der Waals surface area contributed by atoms with Crippen molar-refractivity contribution in [1.29, 1.82) is 0 Å². The Labute approximate surface area is 147 Å². The number of aryl methyl sites for hydroxylation is 1. The number of aromatic nitrogens is 2. The van der Waals surface area contributed by atoms with Crippen molar-refractivity contribution >= 4 is 34.0 Å². The molecular weight excluding hydrogens is 346 g/mol. The summed E-state index contributed by atoms with van der Waals surface area (Å²) in [5.41, 5.74) is 1.85. The number of nitrogens with one attached hydrogen (secondary N) is 1. The molecule has 0 aliphatic carbocycles. The molecule has 5 nitrogen and oxygen atoms in total. The maximum absolute atomic E-state index is 12.3. The standard InChI is InChI=1S/C17H14ClN3O2S/c1-11-10-24-17(19-11)20-16(23)13-6-7-15(22)21(9-13)8-12-4-2-3-5-14(12)18/h2-7,9-10H,8H2,1H3,(H,19,20,23). The van der Waals surface area contributed by atoms with E-state index in [-0.39, 0.29) is 11.5 Å². The van der Waals surface area contributed by atoms with Crippen LogP contribution >= 0.6 is 22.9 Å². The van der Waals surface area contributed by atoms with Crippen molar-refractivity contribution in [2.75, 3.05) is 5.32 Å². The number of pyridine rings is 1. The van der Waals surface area contributed by atoms with Gasteiger partial charge in [0.05, 0.1) is 17.8 Å². The maximum Gasteiger partial charge on any atom is 0.258 e. The molecule has 1 N–H and O–H groups in total. The summed E-state index contributed by atoms with van der Waals surface area (Å²) in [4.78, 5) is 28.6. The minimum atomic E-state index is -0.308. The van der Waals surface area contributed by atoms with Gasteiger partial charge in [-0.05, 0) is 24.6 Å². The van der Waals surface area contributed by atoms with Crippen LogP contribution in [0, 0.1) is 6.92 Å². The van der Waals surface area contributed by atoms with Crippen LogP contribution in [0.25, 0.3) is 0 Å². The van der Waals surface area contributed by atoms with Crippen molar-refractivity contribution in [3.8, 4) is 0 Å². The molecule has 0 fully saturated rings. The van der Waals surface area contributed by atoms with Gasteiger partial charge in [0.15, 0.2) is 5.13 Å². The predicted molar refractivity (Wildman–Crippen MR) is 96.1 cm³/mol. The molecule has 2 heterocycles. The normalized spacial score (nSPS) is 10.6. The number of benzene rings is 1. The molecule has 0 radical (unpaired) electrons. The second kappa shape index (κ2) is 6.98. The summed E-state index contributed by atoms with van der Waals surface area (Å²) in [6.45, 7) is 2.16. The fourth-order valence-electron chi connectivity index (χ4n) is 2.18. The third kappa shape index (κ3) is 3.72. The minimum Gasteiger partial charge on any atom is -0.310 e. The molecule has 0 saturated heterocycles. The molecule has 0 aliphatic rings. The summed E-state index contributed by atoms with van der Waals surface area (Å²) < 4.78 is 1.46. The van der Waals surface area contributed by atoms with Gasteiger partial charge in [0.1, 0.15) is 0 Å². The molecule has 3 aromatic rings. The number of hydrogen-bond acceptors (Lipinski definition) is 4. The molecule has 0 saturated carbocycles. The number of halogens is 1. The molecule has 1 amide bonds. The van der Waals surface area contributed by atoms with E-state index in [1.54, 1.807) is 6.07 Å². The summed E-state index contributed by atoms with van der Waals surface area (Å²) in [7, 11) is 0. The van der Waals surface area contributed by atoms with Crippen LogP contribution in [-0.2, 0) is 6.54 Å². The Bertz CT molecular complexity index is 949. The van der Waals surface area contributed by atoms with E-state index in [2.05, 4.69) is 10.3 Å². The molecule has 122 valence electrons. The lowest BCUT2D eigenvalue weighted by molar-refractivity contribution is 0.102. The lowest BCUT2D eigenvalue weighted by Gasteiger charge is -2.09. The highest BCUT2D eigenvalue weighted by Crippen LogP contribution is 2.17. The van der Waals surface area contributed by atoms with Gasteiger partial charge in [-0.3, -0.25) is 14.9 Å². The minimum absolute atomic E-state index is 0.198. The van der Waals surface area contributed by atoms with Crippen LogP contribution in [0.2, 0.25) is 5.02 Å². The molecule has 0 aliphatic heterocycles. The molecule has 0 atom stereocenters. The highest BCUT2D eigenvalue weighted by atomic mass is 35.5. The summed E-state index contributed by atoms with van der Waals surface area (Å²) in [6.07, 6.45) is 1.53. The van der Waals surface area contributed by atoms with Crippen LogP contribution in [0.3, 0.4) is 0 Å². The number of thiazole rings is 1. The van der Waals surface area contributed by atoms with Gasteiger partial charge < -0.3 is 4.57 Å². The molecule has 0 bridgehead atoms. The predicted octanol–water partition coefficient (Wildman–Crippen LogP) is 3.57. The Kier molecular flexibility index (Phi) is 4.78. The summed E-state index contributed by atoms with van der Waals surface area (Å²) in [5, 5.41) is 5.69. The zero-order valence-corrected chi connectivity index (χ0v) is 14.4. The summed E-state index contributed by atoms with van der Waals surface area (Å²) in [5.74, 6) is -0.308. The first-order chi connectivity index (χ1) is 11.5. The monoisotopic (exact) mass is 359 g/mol. The van der Waals surface area contributed by atoms with E-state index in [4.69, 9.17) is 11.6 Å². The number of nitrogens with zero attached hydrogens (tertiary/aromatic N) is 2. The number of carbonyl (C=O) groups is 1. The summed E-state index contributed by atoms with van der Waals surface area (Å²) in [6, 6.07) is 10.2. The largest absolute Gasteiger partial charge is 0.310 e. The quantitative estimate of drug-likeness (QED) is 0.774. The van der Waals surface area contributed by atoms with Gasteiger partial charge in [0.25, 0.3) is 11.5 Å². The molecule has 1 aromatic carbocycles. The number of carbonyl (C=O) groups excluding carboxylic acids is 1. The van der Waals surface area contributed by atoms with Crippen molar-refractivity contribution < 1.29 is 4.79 Å². The van der Waals surface area contributed by atoms with Gasteiger partial charge >= 0.3 is 0 Å². The smallest absolute Gasteiger partial charge is 0.258 e. The number of amides is 1. The first-order valence-corrected chi connectivity index (χ1v) is 8.46. The topological polar surface area (TPSA) is 64.0 Å². The first kappa shape index (κ1) is 16.4. The Morgan fingerprint density at radius 1 is 1.29 bits per heavy atom. The van der Waals surface area contributed by atoms with Gasteiger partial charge in [-0.2, -0.15) is 0 Å². The lowest BCUT2D eigenvalue weighted by atomic mass is 10.2. The van der Waals surface area contributed by atoms with Gasteiger partial charge in [0, 0.05) is 22.7 Å². The van der Waals surface area contributed by atoms with Crippen LogP contribution in [0.5, 0.6) is 0 Å². The Morgan fingerprint density at radius 2 is 2.08 bits per heavy atom. The molecule has 7 heteroatoms. The summed E-state index contributed by atoms with van der Waals surface area (Å²) >= 11 is 7.49. The Hall–Kier alpha value is -2.44. The van der Waals surface area contributed by atoms with Gasteiger partial charge in [0.2, 0.25) is 0 Å². The highest BCUT2D eigenvalue weighted by molar-refractivity contribution is 7.13. The van der Waals surface area contributed by atoms with Crippen molar-refractivity contribution in [2.45, 2.75) is 13.5 Å². The molecular formula is C17H14ClN3O2S. The number of anilines is 1. The maximum atomic E-state index is 12.3. The zero-order chi connectivity index (χ0) is 17.1. The third-order valence-electron chi connectivity index (χ3n) is 3.38. The average Bonchev–Trinajstić information content (AvgIpc) is 2.96. The van der Waals surface area contributed by atoms with Gasteiger partial charge in [-0.25, -0.2) is 4.98 Å². The van der Waals surface area contributed by atoms with Crippen LogP contribution < -0.4 is 10.9 Å². The lowest BCUT2D eigenvalue weighted by Crippen LogP contribution is -2.22. The van der Waals surface area contributed by atoms with E-state index in [0.29, 0.717) is 22.3 Å². The van der Waals surface area contributed by atoms with Crippen molar-refractivity contribution in [3.05, 3.63) is 80.2 Å². The van der Waals surface area contributed by atoms with Crippen molar-refractivity contribution in [1.82, 2.24) is 9.55 Å². The molecule has 0 unspecified atom stereocenters. The van der Waals surface area contributed by atoms with Crippen molar-refractivity contribution in [2.24, 2.45) is 0 Å². The fraction of sp³-hybridized carbons (Fsp3) is 0.118. The second-order valence-electron chi connectivity index (χ2n) is 5.22. The van der Waals surface area contributed by atoms with Crippen LogP contribution in [0.15, 0.2) is 52.8 Å². The second-order valence-corrected chi connectivity index (χ2v) is 6.49. The van der Waals surface area contributed by atoms with E-state index >= 15 is 0 Å². The zero-order valence-electron chi connectivity index (χ0n) is 12.8. The molecule has 0 spiro atoms. The van der Waals surface area contributed by atoms with E-state index in [1.165, 1.54) is 34.2 Å². The van der Waals surface area contributed by atoms with Crippen LogP contribution in [-0.4, -0.2) is 15.5 Å². The van der Waals surface area contributed by atoms with E-state index in [9.17, 15) is 9.59 Å². The van der Waals surface area contributed by atoms with Gasteiger partial charge in [-0.15, -0.1) is 11.3 Å². The van der Waals surface area contributed by atoms with Crippen LogP contribution in [0.4, 0.5) is 5.13 Å². The fourth-order valence-corrected chi connectivity index (χ4v) is 3.06. The number of hydrogen-bond donors (Lipinski definition) is 1. The average molecular weight is 360 g/mol. The number of rotatable bonds is 4. The molecule has 2 aromatic heterocycles. The van der Waals surface area contributed by atoms with Gasteiger partial charge in [-0.1, -0.05) is 29.8 Å².